The molecule has 0 radical (unpaired) electrons. The molecule has 56 valence electrons. The molecule has 0 saturated heterocycles. The fourth-order valence-electron chi connectivity index (χ4n) is 0.679. The van der Waals surface area contributed by atoms with Gasteiger partial charge in [-0.1, -0.05) is 0 Å². The summed E-state index contributed by atoms with van der Waals surface area (Å²) in [6.45, 7) is 5.82. The average Bonchev–Trinajstić information content (AvgIpc) is 1.85. The predicted octanol–water partition coefficient (Wildman–Crippen LogP) is 1.81. The topological polar surface area (TPSA) is 23.3 Å². The van der Waals surface area contributed by atoms with E-state index in [1.807, 2.05) is 14.0 Å². The van der Waals surface area contributed by atoms with Gasteiger partial charge in [0.25, 0.3) is 0 Å². The second-order valence-corrected chi connectivity index (χ2v) is 2.09. The van der Waals surface area contributed by atoms with Gasteiger partial charge in [-0.25, -0.2) is 0 Å². The number of hydrogen-bond donors (Lipinski definition) is 0. The van der Waals surface area contributed by atoms with Gasteiger partial charge in [-0.05, 0) is 20.3 Å². The molecule has 0 aromatic heterocycles. The Morgan fingerprint density at radius 1 is 1.56 bits per heavy atom. The van der Waals surface area contributed by atoms with Crippen molar-refractivity contribution < 1.29 is 4.74 Å². The van der Waals surface area contributed by atoms with Gasteiger partial charge in [0.1, 0.15) is 0 Å². The standard InChI is InChI=1S/C7H16NO/c1-4-9-7(2)5-6-8-3/h7H,4-6H2,1-3H3/q-1. The van der Waals surface area contributed by atoms with E-state index in [1.54, 1.807) is 0 Å². The van der Waals surface area contributed by atoms with Gasteiger partial charge >= 0.3 is 0 Å². The van der Waals surface area contributed by atoms with Gasteiger partial charge in [0.15, 0.2) is 0 Å². The van der Waals surface area contributed by atoms with E-state index in [9.17, 15) is 0 Å². The Morgan fingerprint density at radius 3 is 2.67 bits per heavy atom. The molecule has 0 aromatic carbocycles. The second kappa shape index (κ2) is 6.05. The fourth-order valence-corrected chi connectivity index (χ4v) is 0.679. The van der Waals surface area contributed by atoms with E-state index in [-0.39, 0.29) is 0 Å². The van der Waals surface area contributed by atoms with Gasteiger partial charge in [0, 0.05) is 6.61 Å². The minimum atomic E-state index is 0.374. The lowest BCUT2D eigenvalue weighted by Crippen LogP contribution is -2.08. The van der Waals surface area contributed by atoms with E-state index < -0.39 is 0 Å². The van der Waals surface area contributed by atoms with Crippen LogP contribution in [0.4, 0.5) is 0 Å². The van der Waals surface area contributed by atoms with E-state index >= 15 is 0 Å². The number of nitrogens with zero attached hydrogens (tertiary/aromatic N) is 1. The Bertz CT molecular complexity index is 56.9. The van der Waals surface area contributed by atoms with Crippen molar-refractivity contribution in [2.24, 2.45) is 0 Å². The molecule has 0 saturated carbocycles. The maximum absolute atomic E-state index is 5.28. The highest BCUT2D eigenvalue weighted by Crippen LogP contribution is 1.97. The lowest BCUT2D eigenvalue weighted by Gasteiger charge is -2.15. The quantitative estimate of drug-likeness (QED) is 0.556. The summed E-state index contributed by atoms with van der Waals surface area (Å²) in [6, 6.07) is 0. The molecule has 0 heterocycles. The van der Waals surface area contributed by atoms with Crippen molar-refractivity contribution in [2.75, 3.05) is 20.2 Å². The van der Waals surface area contributed by atoms with Crippen LogP contribution in [0.1, 0.15) is 20.3 Å². The van der Waals surface area contributed by atoms with Crippen molar-refractivity contribution in [3.8, 4) is 0 Å². The van der Waals surface area contributed by atoms with Crippen molar-refractivity contribution in [3.05, 3.63) is 5.32 Å². The molecule has 0 bridgehead atoms. The number of ether oxygens (including phenoxy) is 1. The molecule has 0 aliphatic heterocycles. The van der Waals surface area contributed by atoms with Gasteiger partial charge in [-0.3, -0.25) is 0 Å². The summed E-state index contributed by atoms with van der Waals surface area (Å²) in [5, 5.41) is 3.98. The van der Waals surface area contributed by atoms with Gasteiger partial charge in [0.05, 0.1) is 6.10 Å². The highest BCUT2D eigenvalue weighted by Gasteiger charge is 1.93. The summed E-state index contributed by atoms with van der Waals surface area (Å²) in [5.41, 5.74) is 0. The van der Waals surface area contributed by atoms with Crippen LogP contribution >= 0.6 is 0 Å². The molecule has 0 aromatic rings. The Labute approximate surface area is 57.6 Å². The third-order valence-corrected chi connectivity index (χ3v) is 1.21. The monoisotopic (exact) mass is 130 g/mol. The van der Waals surface area contributed by atoms with Crippen molar-refractivity contribution in [1.82, 2.24) is 0 Å². The lowest BCUT2D eigenvalue weighted by molar-refractivity contribution is 0.0732. The summed E-state index contributed by atoms with van der Waals surface area (Å²) < 4.78 is 5.28. The molecular weight excluding hydrogens is 114 g/mol. The van der Waals surface area contributed by atoms with Crippen LogP contribution in [-0.2, 0) is 4.74 Å². The highest BCUT2D eigenvalue weighted by atomic mass is 16.5. The molecule has 2 nitrogen and oxygen atoms in total. The van der Waals surface area contributed by atoms with Crippen LogP contribution in [0.3, 0.4) is 0 Å². The van der Waals surface area contributed by atoms with E-state index in [0.717, 1.165) is 19.6 Å². The fraction of sp³-hybridized carbons (Fsp3) is 1.00. The molecule has 0 amide bonds. The molecule has 0 aliphatic rings. The largest absolute Gasteiger partial charge is 0.665 e. The van der Waals surface area contributed by atoms with Gasteiger partial charge < -0.3 is 10.1 Å². The normalized spacial score (nSPS) is 13.7. The summed E-state index contributed by atoms with van der Waals surface area (Å²) in [6.07, 6.45) is 1.42. The minimum absolute atomic E-state index is 0.374. The SMILES string of the molecule is CCOC(C)CC[N-]C. The predicted molar refractivity (Wildman–Crippen MR) is 39.9 cm³/mol. The molecule has 0 rings (SSSR count). The van der Waals surface area contributed by atoms with Crippen LogP contribution in [-0.4, -0.2) is 26.3 Å². The molecular formula is C7H16NO-. The molecule has 0 spiro atoms. The van der Waals surface area contributed by atoms with Gasteiger partial charge in [-0.2, -0.15) is 7.05 Å². The first-order valence-electron chi connectivity index (χ1n) is 3.48. The molecule has 1 atom stereocenters. The van der Waals surface area contributed by atoms with Crippen LogP contribution in [0.25, 0.3) is 5.32 Å². The van der Waals surface area contributed by atoms with Crippen molar-refractivity contribution >= 4 is 0 Å². The maximum Gasteiger partial charge on any atom is 0.0530 e. The third kappa shape index (κ3) is 5.80. The zero-order chi connectivity index (χ0) is 7.11. The Kier molecular flexibility index (Phi) is 5.99. The van der Waals surface area contributed by atoms with Gasteiger partial charge in [-0.15, -0.1) is 6.54 Å². The van der Waals surface area contributed by atoms with Crippen molar-refractivity contribution in [2.45, 2.75) is 26.4 Å². The highest BCUT2D eigenvalue weighted by molar-refractivity contribution is 4.70. The van der Waals surface area contributed by atoms with Crippen molar-refractivity contribution in [1.29, 1.82) is 0 Å². The first kappa shape index (κ1) is 8.92. The molecule has 9 heavy (non-hydrogen) atoms. The van der Waals surface area contributed by atoms with Gasteiger partial charge in [0.2, 0.25) is 0 Å². The minimum Gasteiger partial charge on any atom is -0.665 e. The van der Waals surface area contributed by atoms with E-state index in [1.165, 1.54) is 0 Å². The number of rotatable bonds is 5. The number of hydrogen-bond acceptors (Lipinski definition) is 1. The Morgan fingerprint density at radius 2 is 2.22 bits per heavy atom. The zero-order valence-electron chi connectivity index (χ0n) is 6.55. The summed E-state index contributed by atoms with van der Waals surface area (Å²) in [4.78, 5) is 0. The van der Waals surface area contributed by atoms with Crippen molar-refractivity contribution in [3.63, 3.8) is 0 Å². The smallest absolute Gasteiger partial charge is 0.0530 e. The summed E-state index contributed by atoms with van der Waals surface area (Å²) in [5.74, 6) is 0. The lowest BCUT2D eigenvalue weighted by atomic mass is 10.3. The third-order valence-electron chi connectivity index (χ3n) is 1.21. The molecule has 0 N–H and O–H groups in total. The first-order valence-corrected chi connectivity index (χ1v) is 3.48. The van der Waals surface area contributed by atoms with E-state index in [2.05, 4.69) is 12.2 Å². The van der Waals surface area contributed by atoms with Crippen LogP contribution < -0.4 is 0 Å². The maximum atomic E-state index is 5.28. The van der Waals surface area contributed by atoms with Crippen LogP contribution in [0.5, 0.6) is 0 Å². The Hall–Kier alpha value is -0.0800. The molecule has 0 aliphatic carbocycles. The first-order chi connectivity index (χ1) is 4.31. The molecule has 1 unspecified atom stereocenters. The van der Waals surface area contributed by atoms with Crippen LogP contribution in [0, 0.1) is 0 Å². The van der Waals surface area contributed by atoms with E-state index in [4.69, 9.17) is 4.74 Å². The second-order valence-electron chi connectivity index (χ2n) is 2.09. The molecule has 2 heteroatoms. The van der Waals surface area contributed by atoms with E-state index in [0.29, 0.717) is 6.10 Å². The average molecular weight is 130 g/mol. The summed E-state index contributed by atoms with van der Waals surface area (Å²) in [7, 11) is 1.83. The van der Waals surface area contributed by atoms with Crippen LogP contribution in [0.15, 0.2) is 0 Å². The Balaban J connectivity index is 2.95. The van der Waals surface area contributed by atoms with Crippen LogP contribution in [0.2, 0.25) is 0 Å². The zero-order valence-corrected chi connectivity index (χ0v) is 6.55. The summed E-state index contributed by atoms with van der Waals surface area (Å²) >= 11 is 0. The molecule has 0 fully saturated rings.